The van der Waals surface area contributed by atoms with E-state index in [0.717, 1.165) is 32.3 Å². The highest BCUT2D eigenvalue weighted by atomic mass is 16.5. The van der Waals surface area contributed by atoms with Crippen LogP contribution in [0.25, 0.3) is 0 Å². The van der Waals surface area contributed by atoms with E-state index in [9.17, 15) is 14.4 Å². The van der Waals surface area contributed by atoms with Crippen LogP contribution in [0.15, 0.2) is 30.6 Å². The molecule has 1 unspecified atom stereocenters. The van der Waals surface area contributed by atoms with Gasteiger partial charge in [-0.2, -0.15) is 5.10 Å². The largest absolute Gasteiger partial charge is 0.376 e. The van der Waals surface area contributed by atoms with Gasteiger partial charge in [0.2, 0.25) is 0 Å². The van der Waals surface area contributed by atoms with Crippen LogP contribution in [0.3, 0.4) is 0 Å². The second-order valence-electron chi connectivity index (χ2n) is 7.42. The molecule has 0 radical (unpaired) electrons. The Hall–Kier alpha value is -3.00. The number of fused-ring (bicyclic) bond motifs is 1. The lowest BCUT2D eigenvalue weighted by molar-refractivity contribution is 0.0652. The molecule has 8 nitrogen and oxygen atoms in total. The molecular formula is C21H24N4O4. The second-order valence-corrected chi connectivity index (χ2v) is 7.42. The predicted octanol–water partition coefficient (Wildman–Crippen LogP) is 2.71. The summed E-state index contributed by atoms with van der Waals surface area (Å²) in [5.74, 6) is -0.977. The first kappa shape index (κ1) is 19.3. The average Bonchev–Trinajstić information content (AvgIpc) is 3.44. The van der Waals surface area contributed by atoms with E-state index in [4.69, 9.17) is 4.74 Å². The first-order valence-electron chi connectivity index (χ1n) is 10.0. The number of anilines is 1. The molecule has 0 spiro atoms. The number of carbonyl (C=O) groups excluding carboxylic acids is 3. The first-order chi connectivity index (χ1) is 14.1. The van der Waals surface area contributed by atoms with E-state index >= 15 is 0 Å². The zero-order valence-corrected chi connectivity index (χ0v) is 16.4. The quantitative estimate of drug-likeness (QED) is 0.727. The lowest BCUT2D eigenvalue weighted by Crippen LogP contribution is -2.30. The Kier molecular flexibility index (Phi) is 5.44. The number of aromatic nitrogens is 2. The zero-order chi connectivity index (χ0) is 20.4. The van der Waals surface area contributed by atoms with E-state index in [1.807, 2.05) is 6.92 Å². The van der Waals surface area contributed by atoms with Crippen molar-refractivity contribution in [3.8, 4) is 0 Å². The van der Waals surface area contributed by atoms with Crippen LogP contribution in [0.4, 0.5) is 5.69 Å². The van der Waals surface area contributed by atoms with Gasteiger partial charge in [-0.3, -0.25) is 24.0 Å². The van der Waals surface area contributed by atoms with Crippen LogP contribution in [-0.2, 0) is 11.3 Å². The summed E-state index contributed by atoms with van der Waals surface area (Å²) in [6.45, 7) is 3.84. The van der Waals surface area contributed by atoms with E-state index < -0.39 is 0 Å². The van der Waals surface area contributed by atoms with Crippen molar-refractivity contribution < 1.29 is 19.1 Å². The number of unbranched alkanes of at least 4 members (excludes halogenated alkanes) is 1. The van der Waals surface area contributed by atoms with Crippen molar-refractivity contribution in [2.75, 3.05) is 18.5 Å². The number of amides is 3. The van der Waals surface area contributed by atoms with Gasteiger partial charge in [-0.1, -0.05) is 13.3 Å². The summed E-state index contributed by atoms with van der Waals surface area (Å²) in [4.78, 5) is 38.9. The van der Waals surface area contributed by atoms with Crippen LogP contribution in [0.1, 0.15) is 63.7 Å². The van der Waals surface area contributed by atoms with Crippen molar-refractivity contribution in [3.05, 3.63) is 47.3 Å². The topological polar surface area (TPSA) is 93.5 Å². The Labute approximate surface area is 168 Å². The molecule has 2 aromatic rings. The average molecular weight is 396 g/mol. The van der Waals surface area contributed by atoms with Crippen LogP contribution >= 0.6 is 0 Å². The van der Waals surface area contributed by atoms with E-state index in [1.165, 1.54) is 11.0 Å². The van der Waals surface area contributed by atoms with Crippen LogP contribution in [0.2, 0.25) is 0 Å². The summed E-state index contributed by atoms with van der Waals surface area (Å²) in [5, 5.41) is 7.05. The molecule has 0 bridgehead atoms. The molecule has 3 heterocycles. The Morgan fingerprint density at radius 1 is 1.28 bits per heavy atom. The third kappa shape index (κ3) is 3.93. The van der Waals surface area contributed by atoms with Crippen molar-refractivity contribution in [3.63, 3.8) is 0 Å². The van der Waals surface area contributed by atoms with Crippen molar-refractivity contribution in [1.29, 1.82) is 0 Å². The van der Waals surface area contributed by atoms with E-state index in [0.29, 0.717) is 29.9 Å². The minimum Gasteiger partial charge on any atom is -0.376 e. The number of nitrogens with zero attached hydrogens (tertiary/aromatic N) is 3. The molecule has 4 rings (SSSR count). The van der Waals surface area contributed by atoms with Crippen LogP contribution in [0, 0.1) is 0 Å². The number of rotatable bonds is 7. The van der Waals surface area contributed by atoms with Crippen molar-refractivity contribution in [2.24, 2.45) is 0 Å². The van der Waals surface area contributed by atoms with E-state index in [2.05, 4.69) is 10.4 Å². The lowest BCUT2D eigenvalue weighted by Gasteiger charge is -2.12. The van der Waals surface area contributed by atoms with E-state index in [-0.39, 0.29) is 29.4 Å². The fraction of sp³-hybridized carbons (Fsp3) is 0.429. The molecule has 29 heavy (non-hydrogen) atoms. The van der Waals surface area contributed by atoms with Crippen LogP contribution in [0.5, 0.6) is 0 Å². The smallest absolute Gasteiger partial charge is 0.261 e. The fourth-order valence-corrected chi connectivity index (χ4v) is 3.68. The summed E-state index contributed by atoms with van der Waals surface area (Å²) in [5.41, 5.74) is 1.54. The van der Waals surface area contributed by atoms with Gasteiger partial charge >= 0.3 is 0 Å². The Morgan fingerprint density at radius 2 is 2.10 bits per heavy atom. The molecule has 0 aliphatic carbocycles. The second kappa shape index (κ2) is 8.16. The maximum atomic E-state index is 12.6. The van der Waals surface area contributed by atoms with Crippen molar-refractivity contribution in [2.45, 2.75) is 45.3 Å². The molecule has 8 heteroatoms. The number of carbonyl (C=O) groups is 3. The highest BCUT2D eigenvalue weighted by Gasteiger charge is 2.35. The minimum absolute atomic E-state index is 0.161. The summed E-state index contributed by atoms with van der Waals surface area (Å²) in [7, 11) is 0. The SMILES string of the molecule is CCCCN1C(=O)c2ccc(C(=O)Nc3cnn(CC4CCCO4)c3)cc2C1=O. The molecule has 1 saturated heterocycles. The Balaban J connectivity index is 1.44. The van der Waals surface area contributed by atoms with Gasteiger partial charge in [0, 0.05) is 24.9 Å². The standard InChI is InChI=1S/C21H24N4O4/c1-2-3-8-25-20(27)17-7-6-14(10-18(17)21(25)28)19(26)23-15-11-22-24(12-15)13-16-5-4-9-29-16/h6-7,10-12,16H,2-5,8-9,13H2,1H3,(H,23,26). The molecular weight excluding hydrogens is 372 g/mol. The van der Waals surface area contributed by atoms with Crippen molar-refractivity contribution in [1.82, 2.24) is 14.7 Å². The third-order valence-corrected chi connectivity index (χ3v) is 5.27. The van der Waals surface area contributed by atoms with Crippen molar-refractivity contribution >= 4 is 23.4 Å². The number of imide groups is 1. The Bertz CT molecular complexity index is 946. The maximum absolute atomic E-state index is 12.6. The third-order valence-electron chi connectivity index (χ3n) is 5.27. The monoisotopic (exact) mass is 396 g/mol. The molecule has 1 N–H and O–H groups in total. The fourth-order valence-electron chi connectivity index (χ4n) is 3.68. The molecule has 3 amide bonds. The number of nitrogens with one attached hydrogen (secondary N) is 1. The minimum atomic E-state index is -0.350. The number of hydrogen-bond acceptors (Lipinski definition) is 5. The number of ether oxygens (including phenoxy) is 1. The summed E-state index contributed by atoms with van der Waals surface area (Å²) < 4.78 is 7.35. The molecule has 2 aliphatic heterocycles. The van der Waals surface area contributed by atoms with Gasteiger partial charge in [0.1, 0.15) is 0 Å². The molecule has 1 fully saturated rings. The summed E-state index contributed by atoms with van der Waals surface area (Å²) in [6, 6.07) is 4.62. The number of hydrogen-bond donors (Lipinski definition) is 1. The highest BCUT2D eigenvalue weighted by Crippen LogP contribution is 2.25. The zero-order valence-electron chi connectivity index (χ0n) is 16.4. The van der Waals surface area contributed by atoms with Crippen LogP contribution < -0.4 is 5.32 Å². The molecule has 2 aliphatic rings. The van der Waals surface area contributed by atoms with Gasteiger partial charge in [0.05, 0.1) is 35.7 Å². The molecule has 1 atom stereocenters. The molecule has 1 aromatic carbocycles. The Morgan fingerprint density at radius 3 is 2.86 bits per heavy atom. The predicted molar refractivity (Wildman–Crippen MR) is 106 cm³/mol. The van der Waals surface area contributed by atoms with Gasteiger partial charge in [0.25, 0.3) is 17.7 Å². The maximum Gasteiger partial charge on any atom is 0.261 e. The van der Waals surface area contributed by atoms with Gasteiger partial charge < -0.3 is 10.1 Å². The van der Waals surface area contributed by atoms with Gasteiger partial charge in [-0.25, -0.2) is 0 Å². The normalized spacial score (nSPS) is 18.4. The number of benzene rings is 1. The summed E-state index contributed by atoms with van der Waals surface area (Å²) >= 11 is 0. The highest BCUT2D eigenvalue weighted by molar-refractivity contribution is 6.22. The molecule has 152 valence electrons. The van der Waals surface area contributed by atoms with E-state index in [1.54, 1.807) is 29.2 Å². The first-order valence-corrected chi connectivity index (χ1v) is 10.0. The van der Waals surface area contributed by atoms with Gasteiger partial charge in [-0.05, 0) is 37.5 Å². The molecule has 0 saturated carbocycles. The van der Waals surface area contributed by atoms with Gasteiger partial charge in [0.15, 0.2) is 0 Å². The lowest BCUT2D eigenvalue weighted by atomic mass is 10.1. The molecule has 1 aromatic heterocycles. The summed E-state index contributed by atoms with van der Waals surface area (Å²) in [6.07, 6.45) is 7.23. The van der Waals surface area contributed by atoms with Gasteiger partial charge in [-0.15, -0.1) is 0 Å². The van der Waals surface area contributed by atoms with Crippen LogP contribution in [-0.4, -0.2) is 51.7 Å².